The first-order valence-corrected chi connectivity index (χ1v) is 4.89. The summed E-state index contributed by atoms with van der Waals surface area (Å²) in [7, 11) is 3.85. The van der Waals surface area contributed by atoms with Crippen LogP contribution in [0.3, 0.4) is 0 Å². The van der Waals surface area contributed by atoms with E-state index in [4.69, 9.17) is 4.74 Å². The Bertz CT molecular complexity index is 213. The van der Waals surface area contributed by atoms with Gasteiger partial charge in [-0.1, -0.05) is 13.8 Å². The molecule has 0 radical (unpaired) electrons. The molecule has 14 heavy (non-hydrogen) atoms. The highest BCUT2D eigenvalue weighted by molar-refractivity contribution is 5.77. The predicted octanol–water partition coefficient (Wildman–Crippen LogP) is 0.674. The molecule has 1 saturated heterocycles. The highest BCUT2D eigenvalue weighted by atomic mass is 16.5. The fourth-order valence-corrected chi connectivity index (χ4v) is 2.47. The number of aliphatic carboxylic acids is 1. The van der Waals surface area contributed by atoms with Crippen molar-refractivity contribution in [1.29, 1.82) is 0 Å². The Labute approximate surface area is 84.8 Å². The van der Waals surface area contributed by atoms with Crippen LogP contribution < -0.4 is 0 Å². The molecule has 0 bridgehead atoms. The van der Waals surface area contributed by atoms with Crippen LogP contribution >= 0.6 is 0 Å². The summed E-state index contributed by atoms with van der Waals surface area (Å²) in [5, 5.41) is 9.25. The first-order valence-electron chi connectivity index (χ1n) is 4.89. The molecule has 4 heteroatoms. The summed E-state index contributed by atoms with van der Waals surface area (Å²) in [6, 6.07) is 0.0359. The van der Waals surface area contributed by atoms with E-state index in [-0.39, 0.29) is 6.04 Å². The van der Waals surface area contributed by atoms with Crippen LogP contribution in [0.1, 0.15) is 13.8 Å². The summed E-state index contributed by atoms with van der Waals surface area (Å²) in [6.45, 7) is 4.77. The molecular formula is C10H19NO3. The van der Waals surface area contributed by atoms with E-state index in [2.05, 4.69) is 0 Å². The number of nitrogens with zero attached hydrogens (tertiary/aromatic N) is 1. The Balaban J connectivity index is 2.90. The van der Waals surface area contributed by atoms with E-state index in [9.17, 15) is 9.90 Å². The first kappa shape index (κ1) is 11.5. The molecule has 1 N–H and O–H groups in total. The lowest BCUT2D eigenvalue weighted by atomic mass is 9.73. The number of ether oxygens (including phenoxy) is 1. The van der Waals surface area contributed by atoms with Gasteiger partial charge in [0.25, 0.3) is 0 Å². The lowest BCUT2D eigenvalue weighted by Crippen LogP contribution is -2.62. The van der Waals surface area contributed by atoms with Crippen LogP contribution in [0.25, 0.3) is 0 Å². The second-order valence-electron chi connectivity index (χ2n) is 4.61. The van der Waals surface area contributed by atoms with E-state index in [0.717, 1.165) is 0 Å². The maximum absolute atomic E-state index is 11.2. The van der Waals surface area contributed by atoms with Crippen LogP contribution in [0.15, 0.2) is 0 Å². The topological polar surface area (TPSA) is 49.8 Å². The van der Waals surface area contributed by atoms with E-state index in [1.807, 2.05) is 32.8 Å². The smallest absolute Gasteiger partial charge is 0.315 e. The van der Waals surface area contributed by atoms with Gasteiger partial charge in [-0.25, -0.2) is 0 Å². The Kier molecular flexibility index (Phi) is 3.17. The Hall–Kier alpha value is -0.610. The molecule has 1 unspecified atom stereocenters. The molecule has 0 aromatic carbocycles. The molecule has 0 amide bonds. The first-order chi connectivity index (χ1) is 6.42. The molecule has 1 aliphatic rings. The van der Waals surface area contributed by atoms with Crippen molar-refractivity contribution in [2.24, 2.45) is 11.3 Å². The maximum Gasteiger partial charge on any atom is 0.315 e. The molecule has 1 heterocycles. The van der Waals surface area contributed by atoms with Crippen LogP contribution in [0, 0.1) is 11.3 Å². The van der Waals surface area contributed by atoms with Crippen molar-refractivity contribution in [3.8, 4) is 0 Å². The lowest BCUT2D eigenvalue weighted by molar-refractivity contribution is -0.196. The maximum atomic E-state index is 11.2. The zero-order valence-corrected chi connectivity index (χ0v) is 9.28. The van der Waals surface area contributed by atoms with E-state index in [1.54, 1.807) is 0 Å². The largest absolute Gasteiger partial charge is 0.481 e. The molecule has 82 valence electrons. The lowest BCUT2D eigenvalue weighted by Gasteiger charge is -2.48. The van der Waals surface area contributed by atoms with Crippen molar-refractivity contribution >= 4 is 5.97 Å². The molecule has 0 saturated carbocycles. The van der Waals surface area contributed by atoms with Crippen molar-refractivity contribution in [3.63, 3.8) is 0 Å². The number of carbonyl (C=O) groups is 1. The number of hydrogen-bond donors (Lipinski definition) is 1. The number of hydrogen-bond acceptors (Lipinski definition) is 3. The van der Waals surface area contributed by atoms with Gasteiger partial charge >= 0.3 is 5.97 Å². The second-order valence-corrected chi connectivity index (χ2v) is 4.61. The van der Waals surface area contributed by atoms with Gasteiger partial charge in [0.05, 0.1) is 13.2 Å². The van der Waals surface area contributed by atoms with Crippen LogP contribution in [0.2, 0.25) is 0 Å². The monoisotopic (exact) mass is 201 g/mol. The van der Waals surface area contributed by atoms with Crippen molar-refractivity contribution in [2.45, 2.75) is 19.9 Å². The van der Waals surface area contributed by atoms with Gasteiger partial charge in [-0.15, -0.1) is 0 Å². The molecular weight excluding hydrogens is 182 g/mol. The highest BCUT2D eigenvalue weighted by Gasteiger charge is 2.54. The van der Waals surface area contributed by atoms with Gasteiger partial charge in [-0.2, -0.15) is 0 Å². The fourth-order valence-electron chi connectivity index (χ4n) is 2.47. The minimum atomic E-state index is -0.740. The van der Waals surface area contributed by atoms with Crippen molar-refractivity contribution in [1.82, 2.24) is 4.90 Å². The molecule has 1 aliphatic heterocycles. The SMILES string of the molecule is CC(C)C(N(C)C)C1(C(=O)O)COC1. The molecule has 1 fully saturated rings. The van der Waals surface area contributed by atoms with E-state index in [1.165, 1.54) is 0 Å². The summed E-state index contributed by atoms with van der Waals surface area (Å²) in [5.74, 6) is -0.429. The molecule has 4 nitrogen and oxygen atoms in total. The van der Waals surface area contributed by atoms with Gasteiger partial charge < -0.3 is 14.7 Å². The zero-order valence-electron chi connectivity index (χ0n) is 9.28. The van der Waals surface area contributed by atoms with Crippen LogP contribution in [-0.2, 0) is 9.53 Å². The molecule has 1 rings (SSSR count). The van der Waals surface area contributed by atoms with Gasteiger partial charge in [0, 0.05) is 6.04 Å². The van der Waals surface area contributed by atoms with Crippen LogP contribution in [-0.4, -0.2) is 49.3 Å². The summed E-state index contributed by atoms with van der Waals surface area (Å²) < 4.78 is 5.07. The summed E-state index contributed by atoms with van der Waals surface area (Å²) >= 11 is 0. The summed E-state index contributed by atoms with van der Waals surface area (Å²) in [4.78, 5) is 13.2. The van der Waals surface area contributed by atoms with E-state index in [0.29, 0.717) is 19.1 Å². The number of rotatable bonds is 4. The average Bonchev–Trinajstić information content (AvgIpc) is 1.93. The molecule has 0 aromatic heterocycles. The number of carboxylic acids is 1. The van der Waals surface area contributed by atoms with Gasteiger partial charge in [-0.05, 0) is 20.0 Å². The third-order valence-corrected chi connectivity index (χ3v) is 2.90. The fraction of sp³-hybridized carbons (Fsp3) is 0.900. The summed E-state index contributed by atoms with van der Waals surface area (Å²) in [6.07, 6.45) is 0. The van der Waals surface area contributed by atoms with E-state index >= 15 is 0 Å². The van der Waals surface area contributed by atoms with Crippen molar-refractivity contribution in [3.05, 3.63) is 0 Å². The predicted molar refractivity (Wildman–Crippen MR) is 53.2 cm³/mol. The average molecular weight is 201 g/mol. The molecule has 0 spiro atoms. The van der Waals surface area contributed by atoms with Crippen molar-refractivity contribution < 1.29 is 14.6 Å². The standard InChI is InChI=1S/C10H19NO3/c1-7(2)8(11(3)4)10(9(12)13)5-14-6-10/h7-8H,5-6H2,1-4H3,(H,12,13). The highest BCUT2D eigenvalue weighted by Crippen LogP contribution is 2.37. The zero-order chi connectivity index (χ0) is 10.9. The van der Waals surface area contributed by atoms with Gasteiger partial charge in [0.2, 0.25) is 0 Å². The molecule has 0 aliphatic carbocycles. The molecule has 1 atom stereocenters. The normalized spacial score (nSPS) is 22.1. The Morgan fingerprint density at radius 1 is 1.43 bits per heavy atom. The summed E-state index contributed by atoms with van der Waals surface area (Å²) in [5.41, 5.74) is -0.697. The minimum absolute atomic E-state index is 0.0359. The quantitative estimate of drug-likeness (QED) is 0.726. The molecule has 0 aromatic rings. The second kappa shape index (κ2) is 3.87. The van der Waals surface area contributed by atoms with Crippen molar-refractivity contribution in [2.75, 3.05) is 27.3 Å². The van der Waals surface area contributed by atoms with Gasteiger partial charge in [-0.3, -0.25) is 4.79 Å². The number of carboxylic acid groups (broad SMARTS) is 1. The Morgan fingerprint density at radius 2 is 1.93 bits per heavy atom. The third-order valence-electron chi connectivity index (χ3n) is 2.90. The van der Waals surface area contributed by atoms with Crippen LogP contribution in [0.5, 0.6) is 0 Å². The van der Waals surface area contributed by atoms with E-state index < -0.39 is 11.4 Å². The minimum Gasteiger partial charge on any atom is -0.481 e. The van der Waals surface area contributed by atoms with Crippen LogP contribution in [0.4, 0.5) is 0 Å². The van der Waals surface area contributed by atoms with Gasteiger partial charge in [0.1, 0.15) is 5.41 Å². The third kappa shape index (κ3) is 1.64. The Morgan fingerprint density at radius 3 is 2.00 bits per heavy atom. The van der Waals surface area contributed by atoms with Gasteiger partial charge in [0.15, 0.2) is 0 Å².